The van der Waals surface area contributed by atoms with Crippen LogP contribution in [0.3, 0.4) is 0 Å². The summed E-state index contributed by atoms with van der Waals surface area (Å²) in [5.74, 6) is 2.51. The minimum Gasteiger partial charge on any atom is -0.351 e. The molecule has 2 amide bonds. The van der Waals surface area contributed by atoms with E-state index in [0.717, 1.165) is 75.4 Å². The molecule has 2 N–H and O–H groups in total. The first-order chi connectivity index (χ1) is 20.1. The van der Waals surface area contributed by atoms with Crippen LogP contribution in [-0.4, -0.2) is 53.4 Å². The molecule has 0 radical (unpaired) electrons. The van der Waals surface area contributed by atoms with E-state index in [9.17, 15) is 9.59 Å². The van der Waals surface area contributed by atoms with Gasteiger partial charge in [0.25, 0.3) is 0 Å². The van der Waals surface area contributed by atoms with Crippen molar-refractivity contribution in [2.45, 2.75) is 101 Å². The molecule has 41 heavy (non-hydrogen) atoms. The highest BCUT2D eigenvalue weighted by Crippen LogP contribution is 2.40. The van der Waals surface area contributed by atoms with Gasteiger partial charge >= 0.3 is 0 Å². The lowest BCUT2D eigenvalue weighted by molar-refractivity contribution is -0.133. The molecule has 2 aliphatic carbocycles. The molecule has 1 heterocycles. The van der Waals surface area contributed by atoms with E-state index in [1.807, 2.05) is 30.0 Å². The smallest absolute Gasteiger partial charge is 0.243 e. The van der Waals surface area contributed by atoms with Crippen LogP contribution in [0.4, 0.5) is 0 Å². The molecule has 5 rings (SSSR count). The van der Waals surface area contributed by atoms with Crippen LogP contribution in [0, 0.1) is 5.92 Å². The molecule has 2 aromatic carbocycles. The third kappa shape index (κ3) is 8.38. The van der Waals surface area contributed by atoms with Gasteiger partial charge in [-0.25, -0.2) is 0 Å². The minimum atomic E-state index is -0.533. The molecule has 3 fully saturated rings. The zero-order chi connectivity index (χ0) is 28.3. The van der Waals surface area contributed by atoms with E-state index in [1.54, 1.807) is 0 Å². The molecule has 222 valence electrons. The molecule has 0 bridgehead atoms. The van der Waals surface area contributed by atoms with E-state index in [-0.39, 0.29) is 17.9 Å². The van der Waals surface area contributed by atoms with Crippen molar-refractivity contribution in [2.24, 2.45) is 5.92 Å². The third-order valence-electron chi connectivity index (χ3n) is 9.64. The van der Waals surface area contributed by atoms with Crippen molar-refractivity contribution >= 4 is 23.6 Å². The molecule has 1 atom stereocenters. The summed E-state index contributed by atoms with van der Waals surface area (Å²) in [5, 5.41) is 6.67. The van der Waals surface area contributed by atoms with Gasteiger partial charge in [-0.15, -0.1) is 0 Å². The summed E-state index contributed by atoms with van der Waals surface area (Å²) in [5.41, 5.74) is 1.90. The fourth-order valence-electron chi connectivity index (χ4n) is 7.12. The zero-order valence-corrected chi connectivity index (χ0v) is 25.5. The first-order valence-corrected chi connectivity index (χ1v) is 17.3. The number of hydrogen-bond donors (Lipinski definition) is 2. The zero-order valence-electron chi connectivity index (χ0n) is 24.7. The highest BCUT2D eigenvalue weighted by Gasteiger charge is 2.42. The molecule has 0 aromatic heterocycles. The molecule has 0 unspecified atom stereocenters. The number of nitrogens with zero attached hydrogens (tertiary/aromatic N) is 1. The Morgan fingerprint density at radius 1 is 0.829 bits per heavy atom. The van der Waals surface area contributed by atoms with Crippen molar-refractivity contribution in [1.82, 2.24) is 15.5 Å². The van der Waals surface area contributed by atoms with E-state index in [2.05, 4.69) is 58.0 Å². The van der Waals surface area contributed by atoms with Crippen molar-refractivity contribution in [3.63, 3.8) is 0 Å². The Balaban J connectivity index is 1.21. The third-order valence-corrected chi connectivity index (χ3v) is 10.9. The summed E-state index contributed by atoms with van der Waals surface area (Å²) in [6.07, 6.45) is 13.5. The van der Waals surface area contributed by atoms with Crippen LogP contribution in [0.25, 0.3) is 0 Å². The summed E-state index contributed by atoms with van der Waals surface area (Å²) in [6.45, 7) is 2.91. The fraction of sp³-hybridized carbons (Fsp3) is 0.600. The predicted molar refractivity (Wildman–Crippen MR) is 170 cm³/mol. The Bertz CT molecular complexity index is 1080. The van der Waals surface area contributed by atoms with Gasteiger partial charge in [-0.2, -0.15) is 11.8 Å². The summed E-state index contributed by atoms with van der Waals surface area (Å²) >= 11 is 1.86. The largest absolute Gasteiger partial charge is 0.351 e. The average Bonchev–Trinajstić information content (AvgIpc) is 3.03. The first-order valence-electron chi connectivity index (χ1n) is 16.1. The van der Waals surface area contributed by atoms with Gasteiger partial charge in [0, 0.05) is 31.4 Å². The molecule has 2 aromatic rings. The maximum absolute atomic E-state index is 14.1. The number of hydrogen-bond acceptors (Lipinski definition) is 4. The maximum Gasteiger partial charge on any atom is 0.243 e. The molecule has 3 aliphatic rings. The highest BCUT2D eigenvalue weighted by atomic mass is 32.2. The molecule has 6 heteroatoms. The Morgan fingerprint density at radius 2 is 1.46 bits per heavy atom. The van der Waals surface area contributed by atoms with Gasteiger partial charge in [0.05, 0.1) is 5.41 Å². The number of rotatable bonds is 11. The number of amides is 2. The van der Waals surface area contributed by atoms with Crippen molar-refractivity contribution in [1.29, 1.82) is 0 Å². The molecule has 0 spiro atoms. The normalized spacial score (nSPS) is 21.2. The number of benzene rings is 2. The molecule has 5 nitrogen and oxygen atoms in total. The van der Waals surface area contributed by atoms with E-state index < -0.39 is 11.5 Å². The van der Waals surface area contributed by atoms with E-state index in [4.69, 9.17) is 0 Å². The molecular formula is C35H49N3O2S. The van der Waals surface area contributed by atoms with E-state index in [1.165, 1.54) is 44.1 Å². The summed E-state index contributed by atoms with van der Waals surface area (Å²) in [4.78, 5) is 30.4. The lowest BCUT2D eigenvalue weighted by atomic mass is 9.68. The second-order valence-corrected chi connectivity index (χ2v) is 13.7. The topological polar surface area (TPSA) is 61.4 Å². The van der Waals surface area contributed by atoms with Gasteiger partial charge in [-0.3, -0.25) is 14.5 Å². The van der Waals surface area contributed by atoms with Crippen molar-refractivity contribution in [3.8, 4) is 0 Å². The van der Waals surface area contributed by atoms with Crippen LogP contribution >= 0.6 is 11.8 Å². The van der Waals surface area contributed by atoms with Gasteiger partial charge in [0.2, 0.25) is 11.8 Å². The Hall–Kier alpha value is -2.31. The highest BCUT2D eigenvalue weighted by molar-refractivity contribution is 7.99. The van der Waals surface area contributed by atoms with Gasteiger partial charge in [-0.05, 0) is 61.3 Å². The number of carbonyl (C=O) groups excluding carboxylic acids is 2. The van der Waals surface area contributed by atoms with Gasteiger partial charge in [-0.1, -0.05) is 99.2 Å². The second kappa shape index (κ2) is 15.2. The van der Waals surface area contributed by atoms with Crippen molar-refractivity contribution in [3.05, 3.63) is 71.8 Å². The van der Waals surface area contributed by atoms with Crippen molar-refractivity contribution < 1.29 is 9.59 Å². The summed E-state index contributed by atoms with van der Waals surface area (Å²) in [7, 11) is 0. The van der Waals surface area contributed by atoms with Gasteiger partial charge in [0.1, 0.15) is 6.04 Å². The van der Waals surface area contributed by atoms with Crippen LogP contribution in [0.1, 0.15) is 88.2 Å². The van der Waals surface area contributed by atoms with Crippen LogP contribution < -0.4 is 10.6 Å². The Morgan fingerprint density at radius 3 is 2.15 bits per heavy atom. The second-order valence-electron chi connectivity index (χ2n) is 12.6. The van der Waals surface area contributed by atoms with Crippen LogP contribution in [0.15, 0.2) is 60.7 Å². The lowest BCUT2D eigenvalue weighted by Crippen LogP contribution is -2.56. The minimum absolute atomic E-state index is 0.00461. The number of thioether (sulfide) groups is 1. The number of carbonyl (C=O) groups is 2. The van der Waals surface area contributed by atoms with E-state index >= 15 is 0 Å². The monoisotopic (exact) mass is 575 g/mol. The predicted octanol–water partition coefficient (Wildman–Crippen LogP) is 6.47. The number of nitrogens with one attached hydrogen (secondary N) is 2. The average molecular weight is 576 g/mol. The fourth-order valence-corrected chi connectivity index (χ4v) is 8.40. The lowest BCUT2D eigenvalue weighted by Gasteiger charge is -2.38. The maximum atomic E-state index is 14.1. The van der Waals surface area contributed by atoms with Crippen LogP contribution in [0.2, 0.25) is 0 Å². The van der Waals surface area contributed by atoms with E-state index in [0.29, 0.717) is 5.75 Å². The molecule has 1 aliphatic heterocycles. The van der Waals surface area contributed by atoms with Gasteiger partial charge < -0.3 is 10.6 Å². The summed E-state index contributed by atoms with van der Waals surface area (Å²) < 4.78 is 0. The SMILES string of the molecule is O=C(NC1CCN(Cc2ccccc2)CC1)[C@H](CSCC1CCCCC1)NC(=O)C1(c2ccccc2)CCCCC1. The Kier molecular flexibility index (Phi) is 11.2. The molecule has 1 saturated heterocycles. The van der Waals surface area contributed by atoms with Crippen LogP contribution in [-0.2, 0) is 21.5 Å². The van der Waals surface area contributed by atoms with Gasteiger partial charge in [0.15, 0.2) is 0 Å². The van der Waals surface area contributed by atoms with Crippen LogP contribution in [0.5, 0.6) is 0 Å². The molecule has 2 saturated carbocycles. The Labute approximate surface area is 251 Å². The quantitative estimate of drug-likeness (QED) is 0.323. The summed E-state index contributed by atoms with van der Waals surface area (Å²) in [6, 6.07) is 20.6. The molecular weight excluding hydrogens is 526 g/mol. The first kappa shape index (κ1) is 30.2. The number of likely N-dealkylation sites (tertiary alicyclic amines) is 1. The van der Waals surface area contributed by atoms with Crippen molar-refractivity contribution in [2.75, 3.05) is 24.6 Å². The number of piperidine rings is 1. The standard InChI is InChI=1S/C35H49N3O2S/c39-33(36-31-19-23-38(24-20-31)25-28-13-5-1-6-14-28)32(27-41-26-29-15-7-2-8-16-29)37-34(40)35(21-11-4-12-22-35)30-17-9-3-10-18-30/h1,3,5-6,9-10,13-14,17-18,29,31-32H,2,4,7-8,11-12,15-16,19-27H2,(H,36,39)(H,37,40)/t32-/m0/s1.